The van der Waals surface area contributed by atoms with Crippen LogP contribution in [0.25, 0.3) is 0 Å². The molecule has 1 fully saturated rings. The molecule has 164 valence electrons. The number of hydrogen-bond acceptors (Lipinski definition) is 8. The zero-order valence-electron chi connectivity index (χ0n) is 17.1. The number of carbonyl (C=O) groups is 1. The summed E-state index contributed by atoms with van der Waals surface area (Å²) in [4.78, 5) is 35.6. The highest BCUT2D eigenvalue weighted by atomic mass is 32.2. The van der Waals surface area contributed by atoms with Crippen LogP contribution in [0.3, 0.4) is 0 Å². The van der Waals surface area contributed by atoms with E-state index in [0.29, 0.717) is 10.6 Å². The minimum absolute atomic E-state index is 0.0471. The molecule has 0 N–H and O–H groups in total. The molecule has 1 aliphatic heterocycles. The molecule has 8 nitrogen and oxygen atoms in total. The molecule has 0 amide bonds. The highest BCUT2D eigenvalue weighted by molar-refractivity contribution is 7.99. The fraction of sp³-hybridized carbons (Fsp3) is 0.227. The van der Waals surface area contributed by atoms with Gasteiger partial charge in [-0.25, -0.2) is 14.4 Å². The topological polar surface area (TPSA) is 92.5 Å². The van der Waals surface area contributed by atoms with Crippen molar-refractivity contribution in [2.45, 2.75) is 5.03 Å². The number of carbonyl (C=O) groups excluding carboxylic acids is 1. The number of non-ortho nitro benzene ring substituents is 1. The van der Waals surface area contributed by atoms with Gasteiger partial charge in [0.25, 0.3) is 5.69 Å². The fourth-order valence-corrected chi connectivity index (χ4v) is 4.18. The van der Waals surface area contributed by atoms with E-state index in [1.54, 1.807) is 12.1 Å². The average molecular weight is 453 g/mol. The summed E-state index contributed by atoms with van der Waals surface area (Å²) in [5.41, 5.74) is 1.37. The molecule has 0 radical (unpaired) electrons. The van der Waals surface area contributed by atoms with Crippen LogP contribution >= 0.6 is 11.8 Å². The van der Waals surface area contributed by atoms with Gasteiger partial charge in [-0.05, 0) is 36.4 Å². The highest BCUT2D eigenvalue weighted by Gasteiger charge is 2.19. The highest BCUT2D eigenvalue weighted by Crippen LogP contribution is 2.24. The maximum atomic E-state index is 13.1. The predicted octanol–water partition coefficient (Wildman–Crippen LogP) is 3.83. The molecule has 2 heterocycles. The van der Waals surface area contributed by atoms with Crippen LogP contribution in [0, 0.1) is 15.9 Å². The molecule has 4 rings (SSSR count). The maximum absolute atomic E-state index is 13.1. The first kappa shape index (κ1) is 21.7. The quantitative estimate of drug-likeness (QED) is 0.175. The standard InChI is InChI=1S/C22H20FN5O3S/c23-17-3-7-18(8-4-17)26-9-11-27(12-10-26)21-13-22(25-15-24-21)32-14-20(29)16-1-5-19(6-2-16)28(30)31/h1-8,13,15H,9-12,14H2. The number of nitro groups is 1. The number of anilines is 2. The zero-order valence-corrected chi connectivity index (χ0v) is 17.9. The first-order chi connectivity index (χ1) is 15.5. The normalized spacial score (nSPS) is 13.8. The monoisotopic (exact) mass is 453 g/mol. The summed E-state index contributed by atoms with van der Waals surface area (Å²) in [5, 5.41) is 11.4. The van der Waals surface area contributed by atoms with E-state index in [1.807, 2.05) is 6.07 Å². The van der Waals surface area contributed by atoms with Gasteiger partial charge in [0.2, 0.25) is 0 Å². The summed E-state index contributed by atoms with van der Waals surface area (Å²) >= 11 is 1.30. The molecule has 0 spiro atoms. The largest absolute Gasteiger partial charge is 0.368 e. The van der Waals surface area contributed by atoms with Crippen molar-refractivity contribution >= 4 is 34.7 Å². The van der Waals surface area contributed by atoms with E-state index in [0.717, 1.165) is 37.7 Å². The number of nitro benzene ring substituents is 1. The van der Waals surface area contributed by atoms with E-state index < -0.39 is 4.92 Å². The SMILES string of the molecule is O=C(CSc1cc(N2CCN(c3ccc(F)cc3)CC2)ncn1)c1ccc([N+](=O)[O-])cc1. The van der Waals surface area contributed by atoms with Crippen LogP contribution in [0.5, 0.6) is 0 Å². The number of hydrogen-bond donors (Lipinski definition) is 0. The number of aromatic nitrogens is 2. The third-order valence-corrected chi connectivity index (χ3v) is 6.10. The molecular weight excluding hydrogens is 433 g/mol. The summed E-state index contributed by atoms with van der Waals surface area (Å²) in [6, 6.07) is 13.9. The van der Waals surface area contributed by atoms with Crippen molar-refractivity contribution in [1.29, 1.82) is 0 Å². The minimum Gasteiger partial charge on any atom is -0.368 e. The van der Waals surface area contributed by atoms with Gasteiger partial charge >= 0.3 is 0 Å². The van der Waals surface area contributed by atoms with Crippen LogP contribution in [0.4, 0.5) is 21.6 Å². The van der Waals surface area contributed by atoms with Gasteiger partial charge in [-0.15, -0.1) is 0 Å². The Hall–Kier alpha value is -3.53. The van der Waals surface area contributed by atoms with Gasteiger partial charge in [-0.1, -0.05) is 11.8 Å². The van der Waals surface area contributed by atoms with Gasteiger partial charge in [0, 0.05) is 55.6 Å². The van der Waals surface area contributed by atoms with E-state index in [2.05, 4.69) is 19.8 Å². The molecule has 10 heteroatoms. The van der Waals surface area contributed by atoms with Crippen molar-refractivity contribution in [3.63, 3.8) is 0 Å². The number of nitrogens with zero attached hydrogens (tertiary/aromatic N) is 5. The fourth-order valence-electron chi connectivity index (χ4n) is 3.42. The van der Waals surface area contributed by atoms with Crippen molar-refractivity contribution in [2.75, 3.05) is 41.7 Å². The predicted molar refractivity (Wildman–Crippen MR) is 121 cm³/mol. The third kappa shape index (κ3) is 5.20. The average Bonchev–Trinajstić information content (AvgIpc) is 2.83. The second-order valence-corrected chi connectivity index (χ2v) is 8.18. The van der Waals surface area contributed by atoms with Crippen LogP contribution < -0.4 is 9.80 Å². The van der Waals surface area contributed by atoms with Gasteiger partial charge in [-0.2, -0.15) is 0 Å². The molecule has 0 bridgehead atoms. The van der Waals surface area contributed by atoms with Crippen LogP contribution in [-0.4, -0.2) is 52.6 Å². The van der Waals surface area contributed by atoms with Crippen LogP contribution in [0.15, 0.2) is 66.0 Å². The molecule has 1 aliphatic rings. The molecule has 1 saturated heterocycles. The van der Waals surface area contributed by atoms with Gasteiger partial charge in [-0.3, -0.25) is 14.9 Å². The number of thioether (sulfide) groups is 1. The third-order valence-electron chi connectivity index (χ3n) is 5.17. The molecule has 0 aliphatic carbocycles. The first-order valence-electron chi connectivity index (χ1n) is 9.97. The molecular formula is C22H20FN5O3S. The van der Waals surface area contributed by atoms with Crippen LogP contribution in [0.2, 0.25) is 0 Å². The smallest absolute Gasteiger partial charge is 0.269 e. The molecule has 2 aromatic carbocycles. The minimum atomic E-state index is -0.495. The maximum Gasteiger partial charge on any atom is 0.269 e. The van der Waals surface area contributed by atoms with Crippen molar-refractivity contribution in [1.82, 2.24) is 9.97 Å². The molecule has 0 atom stereocenters. The number of ketones is 1. The Kier molecular flexibility index (Phi) is 6.60. The van der Waals surface area contributed by atoms with Crippen molar-refractivity contribution in [3.8, 4) is 0 Å². The number of halogens is 1. The Morgan fingerprint density at radius 1 is 1.00 bits per heavy atom. The van der Waals surface area contributed by atoms with Gasteiger partial charge < -0.3 is 9.80 Å². The summed E-state index contributed by atoms with van der Waals surface area (Å²) in [5.74, 6) is 0.597. The lowest BCUT2D eigenvalue weighted by molar-refractivity contribution is -0.384. The van der Waals surface area contributed by atoms with Crippen LogP contribution in [0.1, 0.15) is 10.4 Å². The molecule has 0 saturated carbocycles. The lowest BCUT2D eigenvalue weighted by Crippen LogP contribution is -2.46. The second kappa shape index (κ2) is 9.73. The first-order valence-corrected chi connectivity index (χ1v) is 11.0. The van der Waals surface area contributed by atoms with Gasteiger partial charge in [0.1, 0.15) is 23.0 Å². The van der Waals surface area contributed by atoms with Crippen LogP contribution in [-0.2, 0) is 0 Å². The van der Waals surface area contributed by atoms with E-state index in [-0.39, 0.29) is 23.0 Å². The van der Waals surface area contributed by atoms with E-state index in [4.69, 9.17) is 0 Å². The summed E-state index contributed by atoms with van der Waals surface area (Å²) in [6.07, 6.45) is 1.49. The molecule has 32 heavy (non-hydrogen) atoms. The summed E-state index contributed by atoms with van der Waals surface area (Å²) < 4.78 is 13.1. The number of benzene rings is 2. The Morgan fingerprint density at radius 3 is 2.31 bits per heavy atom. The summed E-state index contributed by atoms with van der Waals surface area (Å²) in [6.45, 7) is 3.11. The number of piperazine rings is 1. The van der Waals surface area contributed by atoms with E-state index in [9.17, 15) is 19.3 Å². The second-order valence-electron chi connectivity index (χ2n) is 7.18. The number of Topliss-reactive ketones (excluding diaryl/α,β-unsaturated/α-hetero) is 1. The van der Waals surface area contributed by atoms with Gasteiger partial charge in [0.05, 0.1) is 10.7 Å². The van der Waals surface area contributed by atoms with Gasteiger partial charge in [0.15, 0.2) is 5.78 Å². The lowest BCUT2D eigenvalue weighted by atomic mass is 10.1. The zero-order chi connectivity index (χ0) is 22.5. The Labute approximate surface area is 188 Å². The van der Waals surface area contributed by atoms with Crippen molar-refractivity contribution in [2.24, 2.45) is 0 Å². The Balaban J connectivity index is 1.33. The molecule has 0 unspecified atom stereocenters. The lowest BCUT2D eigenvalue weighted by Gasteiger charge is -2.36. The Morgan fingerprint density at radius 2 is 1.66 bits per heavy atom. The van der Waals surface area contributed by atoms with E-state index >= 15 is 0 Å². The molecule has 3 aromatic rings. The number of rotatable bonds is 7. The van der Waals surface area contributed by atoms with E-state index in [1.165, 1.54) is 54.5 Å². The van der Waals surface area contributed by atoms with Crippen molar-refractivity contribution < 1.29 is 14.1 Å². The molecule has 1 aromatic heterocycles. The van der Waals surface area contributed by atoms with Crippen molar-refractivity contribution in [3.05, 3.63) is 82.4 Å². The Bertz CT molecular complexity index is 1100. The summed E-state index contributed by atoms with van der Waals surface area (Å²) in [7, 11) is 0.